The van der Waals surface area contributed by atoms with Crippen molar-refractivity contribution in [2.24, 2.45) is 0 Å². The summed E-state index contributed by atoms with van der Waals surface area (Å²) in [5, 5.41) is 0.0154. The minimum atomic E-state index is -1.00. The first-order chi connectivity index (χ1) is 12.0. The van der Waals surface area contributed by atoms with Gasteiger partial charge in [-0.1, -0.05) is 79.8 Å². The molecule has 0 aliphatic rings. The number of ether oxygens (including phenoxy) is 1. The van der Waals surface area contributed by atoms with Crippen LogP contribution in [0.15, 0.2) is 30.5 Å². The predicted molar refractivity (Wildman–Crippen MR) is 104 cm³/mol. The van der Waals surface area contributed by atoms with E-state index in [4.69, 9.17) is 39.5 Å². The third-order valence-corrected chi connectivity index (χ3v) is 5.04. The third-order valence-electron chi connectivity index (χ3n) is 3.80. The SMILES string of the molecule is C[C@H](OC(=O)c1ncc(Cl)c(Cl)c1Cl)C(=O)c1ccc(C(C)(C)C)cc1. The number of carbonyl (C=O) groups excluding carboxylic acids is 2. The molecule has 0 fully saturated rings. The van der Waals surface area contributed by atoms with Gasteiger partial charge in [0.15, 0.2) is 11.8 Å². The highest BCUT2D eigenvalue weighted by atomic mass is 35.5. The van der Waals surface area contributed by atoms with Crippen molar-refractivity contribution in [1.29, 1.82) is 0 Å². The summed E-state index contributed by atoms with van der Waals surface area (Å²) in [5.41, 5.74) is 1.34. The molecule has 1 aromatic heterocycles. The first kappa shape index (κ1) is 20.7. The van der Waals surface area contributed by atoms with E-state index in [0.29, 0.717) is 5.56 Å². The molecule has 1 heterocycles. The number of carbonyl (C=O) groups is 2. The maximum absolute atomic E-state index is 12.5. The maximum atomic E-state index is 12.5. The first-order valence-corrected chi connectivity index (χ1v) is 9.01. The normalized spacial score (nSPS) is 12.6. The molecule has 0 bridgehead atoms. The highest BCUT2D eigenvalue weighted by Crippen LogP contribution is 2.31. The molecule has 4 nitrogen and oxygen atoms in total. The minimum Gasteiger partial charge on any atom is -0.449 e. The molecule has 138 valence electrons. The van der Waals surface area contributed by atoms with Crippen LogP contribution in [0.4, 0.5) is 0 Å². The van der Waals surface area contributed by atoms with Crippen LogP contribution in [0.2, 0.25) is 15.1 Å². The van der Waals surface area contributed by atoms with Crippen LogP contribution in [-0.2, 0) is 10.2 Å². The molecule has 26 heavy (non-hydrogen) atoms. The van der Waals surface area contributed by atoms with Gasteiger partial charge >= 0.3 is 5.97 Å². The second kappa shape index (κ2) is 7.95. The lowest BCUT2D eigenvalue weighted by Gasteiger charge is -2.19. The second-order valence-electron chi connectivity index (χ2n) is 6.82. The van der Waals surface area contributed by atoms with Crippen molar-refractivity contribution in [1.82, 2.24) is 4.98 Å². The van der Waals surface area contributed by atoms with Gasteiger partial charge in [-0.25, -0.2) is 9.78 Å². The Morgan fingerprint density at radius 3 is 2.15 bits per heavy atom. The molecular formula is C19H18Cl3NO3. The number of rotatable bonds is 4. The van der Waals surface area contributed by atoms with Crippen LogP contribution < -0.4 is 0 Å². The molecule has 0 spiro atoms. The van der Waals surface area contributed by atoms with Gasteiger partial charge < -0.3 is 4.74 Å². The van der Waals surface area contributed by atoms with Crippen LogP contribution in [0.1, 0.15) is 54.1 Å². The van der Waals surface area contributed by atoms with Gasteiger partial charge in [0.1, 0.15) is 0 Å². The number of ketones is 1. The summed E-state index contributed by atoms with van der Waals surface area (Å²) in [5.74, 6) is -1.17. The van der Waals surface area contributed by atoms with Gasteiger partial charge in [0.25, 0.3) is 0 Å². The summed E-state index contributed by atoms with van der Waals surface area (Å²) < 4.78 is 5.19. The summed E-state index contributed by atoms with van der Waals surface area (Å²) >= 11 is 17.7. The Balaban J connectivity index is 2.14. The van der Waals surface area contributed by atoms with Crippen molar-refractivity contribution in [3.63, 3.8) is 0 Å². The molecule has 1 aromatic carbocycles. The van der Waals surface area contributed by atoms with Crippen molar-refractivity contribution >= 4 is 46.6 Å². The van der Waals surface area contributed by atoms with Crippen LogP contribution in [0, 0.1) is 0 Å². The fourth-order valence-corrected chi connectivity index (χ4v) is 2.78. The summed E-state index contributed by atoms with van der Waals surface area (Å²) in [4.78, 5) is 28.6. The van der Waals surface area contributed by atoms with E-state index in [1.807, 2.05) is 12.1 Å². The number of benzene rings is 1. The number of hydrogen-bond acceptors (Lipinski definition) is 4. The van der Waals surface area contributed by atoms with Gasteiger partial charge in [-0.2, -0.15) is 0 Å². The van der Waals surface area contributed by atoms with E-state index in [9.17, 15) is 9.59 Å². The number of Topliss-reactive ketones (excluding diaryl/α,β-unsaturated/α-hetero) is 1. The van der Waals surface area contributed by atoms with Crippen molar-refractivity contribution < 1.29 is 14.3 Å². The molecule has 2 aromatic rings. The zero-order valence-electron chi connectivity index (χ0n) is 14.8. The number of hydrogen-bond donors (Lipinski definition) is 0. The minimum absolute atomic E-state index is 0.00651. The zero-order chi connectivity index (χ0) is 19.6. The van der Waals surface area contributed by atoms with E-state index in [2.05, 4.69) is 25.8 Å². The van der Waals surface area contributed by atoms with Crippen LogP contribution in [0.25, 0.3) is 0 Å². The quantitative estimate of drug-likeness (QED) is 0.471. The smallest absolute Gasteiger partial charge is 0.359 e. The third kappa shape index (κ3) is 4.56. The zero-order valence-corrected chi connectivity index (χ0v) is 17.0. The van der Waals surface area contributed by atoms with Crippen LogP contribution in [-0.4, -0.2) is 22.8 Å². The molecule has 0 aliphatic carbocycles. The molecule has 0 saturated heterocycles. The standard InChI is InChI=1S/C19H18Cl3NO3/c1-10(17(24)11-5-7-12(8-6-11)19(2,3)4)26-18(25)16-15(22)14(21)13(20)9-23-16/h5-10H,1-4H3/t10-/m0/s1. The van der Waals surface area contributed by atoms with E-state index in [1.54, 1.807) is 12.1 Å². The van der Waals surface area contributed by atoms with Gasteiger partial charge in [-0.3, -0.25) is 4.79 Å². The van der Waals surface area contributed by atoms with Crippen molar-refractivity contribution in [2.75, 3.05) is 0 Å². The van der Waals surface area contributed by atoms with Crippen LogP contribution >= 0.6 is 34.8 Å². The van der Waals surface area contributed by atoms with E-state index in [0.717, 1.165) is 5.56 Å². The summed E-state index contributed by atoms with van der Waals surface area (Å²) in [7, 11) is 0. The van der Waals surface area contributed by atoms with E-state index in [1.165, 1.54) is 13.1 Å². The van der Waals surface area contributed by atoms with Gasteiger partial charge in [0, 0.05) is 11.8 Å². The van der Waals surface area contributed by atoms with Crippen LogP contribution in [0.5, 0.6) is 0 Å². The lowest BCUT2D eigenvalue weighted by Crippen LogP contribution is -2.25. The van der Waals surface area contributed by atoms with Gasteiger partial charge in [0.2, 0.25) is 5.78 Å². The summed E-state index contributed by atoms with van der Waals surface area (Å²) in [6.07, 6.45) is 0.194. The molecule has 0 N–H and O–H groups in total. The number of halogens is 3. The number of nitrogens with zero attached hydrogens (tertiary/aromatic N) is 1. The van der Waals surface area contributed by atoms with Crippen molar-refractivity contribution in [3.8, 4) is 0 Å². The van der Waals surface area contributed by atoms with E-state index in [-0.39, 0.29) is 32.0 Å². The van der Waals surface area contributed by atoms with E-state index < -0.39 is 12.1 Å². The monoisotopic (exact) mass is 413 g/mol. The molecule has 0 radical (unpaired) electrons. The molecule has 2 rings (SSSR count). The Hall–Kier alpha value is -1.62. The Labute approximate surface area is 167 Å². The average molecular weight is 415 g/mol. The molecule has 0 amide bonds. The van der Waals surface area contributed by atoms with Gasteiger partial charge in [-0.15, -0.1) is 0 Å². The fourth-order valence-electron chi connectivity index (χ4n) is 2.22. The number of esters is 1. The lowest BCUT2D eigenvalue weighted by molar-refractivity contribution is 0.0313. The first-order valence-electron chi connectivity index (χ1n) is 7.87. The Bertz CT molecular complexity index is 842. The fraction of sp³-hybridized carbons (Fsp3) is 0.316. The van der Waals surface area contributed by atoms with Crippen molar-refractivity contribution in [3.05, 3.63) is 62.4 Å². The molecule has 0 unspecified atom stereocenters. The van der Waals surface area contributed by atoms with Crippen LogP contribution in [0.3, 0.4) is 0 Å². The average Bonchev–Trinajstić information content (AvgIpc) is 2.58. The Kier molecular flexibility index (Phi) is 6.33. The Morgan fingerprint density at radius 1 is 1.04 bits per heavy atom. The number of aromatic nitrogens is 1. The molecule has 0 saturated carbocycles. The van der Waals surface area contributed by atoms with Gasteiger partial charge in [-0.05, 0) is 17.9 Å². The molecule has 0 aliphatic heterocycles. The highest BCUT2D eigenvalue weighted by Gasteiger charge is 2.24. The molecule has 1 atom stereocenters. The summed E-state index contributed by atoms with van der Waals surface area (Å²) in [6, 6.07) is 7.22. The van der Waals surface area contributed by atoms with Gasteiger partial charge in [0.05, 0.1) is 15.1 Å². The number of pyridine rings is 1. The Morgan fingerprint density at radius 2 is 1.62 bits per heavy atom. The predicted octanol–water partition coefficient (Wildman–Crippen LogP) is 5.77. The molecule has 7 heteroatoms. The largest absolute Gasteiger partial charge is 0.449 e. The van der Waals surface area contributed by atoms with E-state index >= 15 is 0 Å². The maximum Gasteiger partial charge on any atom is 0.359 e. The molecular weight excluding hydrogens is 397 g/mol. The second-order valence-corrected chi connectivity index (χ2v) is 7.98. The topological polar surface area (TPSA) is 56.3 Å². The summed E-state index contributed by atoms with van der Waals surface area (Å²) in [6.45, 7) is 7.75. The lowest BCUT2D eigenvalue weighted by atomic mass is 9.86. The highest BCUT2D eigenvalue weighted by molar-refractivity contribution is 6.48. The van der Waals surface area contributed by atoms with Crippen molar-refractivity contribution in [2.45, 2.75) is 39.2 Å².